The minimum absolute atomic E-state index is 0.196. The van der Waals surface area contributed by atoms with Gasteiger partial charge in [-0.1, -0.05) is 0 Å². The van der Waals surface area contributed by atoms with Crippen LogP contribution in [0, 0.1) is 0 Å². The first-order valence-electron chi connectivity index (χ1n) is 3.58. The van der Waals surface area contributed by atoms with Crippen molar-refractivity contribution in [2.75, 3.05) is 7.11 Å². The van der Waals surface area contributed by atoms with Crippen LogP contribution in [0.15, 0.2) is 23.2 Å². The molecule has 0 aliphatic carbocycles. The van der Waals surface area contributed by atoms with Crippen molar-refractivity contribution in [3.63, 3.8) is 0 Å². The lowest BCUT2D eigenvalue weighted by atomic mass is 10.3. The SMILES string of the molecule is COc1ccc2c(c1)=CC(=O)N=2. The van der Waals surface area contributed by atoms with E-state index in [1.807, 2.05) is 0 Å². The molecule has 1 amide bonds. The van der Waals surface area contributed by atoms with Gasteiger partial charge in [0, 0.05) is 11.3 Å². The zero-order valence-corrected chi connectivity index (χ0v) is 6.57. The molecule has 0 N–H and O–H groups in total. The smallest absolute Gasteiger partial charge is 0.270 e. The molecule has 0 radical (unpaired) electrons. The number of benzene rings is 1. The average molecular weight is 161 g/mol. The highest BCUT2D eigenvalue weighted by atomic mass is 16.5. The van der Waals surface area contributed by atoms with Crippen LogP contribution in [0.25, 0.3) is 6.08 Å². The van der Waals surface area contributed by atoms with Crippen molar-refractivity contribution in [3.8, 4) is 5.75 Å². The van der Waals surface area contributed by atoms with Crippen molar-refractivity contribution in [1.82, 2.24) is 0 Å². The summed E-state index contributed by atoms with van der Waals surface area (Å²) < 4.78 is 5.00. The molecule has 0 atom stereocenters. The van der Waals surface area contributed by atoms with E-state index in [-0.39, 0.29) is 5.91 Å². The summed E-state index contributed by atoms with van der Waals surface area (Å²) >= 11 is 0. The van der Waals surface area contributed by atoms with Crippen molar-refractivity contribution in [2.45, 2.75) is 0 Å². The van der Waals surface area contributed by atoms with Crippen molar-refractivity contribution in [2.24, 2.45) is 4.99 Å². The van der Waals surface area contributed by atoms with Gasteiger partial charge in [-0.25, -0.2) is 4.99 Å². The van der Waals surface area contributed by atoms with E-state index in [9.17, 15) is 4.79 Å². The summed E-state index contributed by atoms with van der Waals surface area (Å²) in [5, 5.41) is 1.56. The van der Waals surface area contributed by atoms with Gasteiger partial charge in [0.1, 0.15) is 5.75 Å². The van der Waals surface area contributed by atoms with Crippen LogP contribution in [0.3, 0.4) is 0 Å². The molecule has 12 heavy (non-hydrogen) atoms. The third kappa shape index (κ3) is 0.993. The van der Waals surface area contributed by atoms with Gasteiger partial charge in [0.05, 0.1) is 12.5 Å². The highest BCUT2D eigenvalue weighted by molar-refractivity contribution is 6.06. The predicted molar refractivity (Wildman–Crippen MR) is 43.2 cm³/mol. The maximum absolute atomic E-state index is 10.8. The van der Waals surface area contributed by atoms with Crippen LogP contribution in [-0.2, 0) is 4.79 Å². The average Bonchev–Trinajstić information content (AvgIpc) is 2.43. The Labute approximate surface area is 69.0 Å². The maximum atomic E-state index is 10.8. The van der Waals surface area contributed by atoms with Crippen LogP contribution < -0.4 is 15.3 Å². The number of ether oxygens (including phenoxy) is 1. The monoisotopic (exact) mass is 161 g/mol. The Hall–Kier alpha value is -1.64. The summed E-state index contributed by atoms with van der Waals surface area (Å²) in [5.74, 6) is 0.549. The van der Waals surface area contributed by atoms with E-state index in [4.69, 9.17) is 4.74 Å². The predicted octanol–water partition coefficient (Wildman–Crippen LogP) is -0.365. The molecule has 0 bridgehead atoms. The normalized spacial score (nSPS) is 13.2. The van der Waals surface area contributed by atoms with Crippen LogP contribution in [0.2, 0.25) is 0 Å². The number of rotatable bonds is 1. The molecule has 1 aromatic rings. The highest BCUT2D eigenvalue weighted by Crippen LogP contribution is 2.02. The molecule has 0 spiro atoms. The first-order chi connectivity index (χ1) is 5.79. The number of carbonyl (C=O) groups is 1. The van der Waals surface area contributed by atoms with Crippen LogP contribution in [0.5, 0.6) is 5.75 Å². The van der Waals surface area contributed by atoms with Gasteiger partial charge in [0.2, 0.25) is 0 Å². The zero-order chi connectivity index (χ0) is 8.55. The highest BCUT2D eigenvalue weighted by Gasteiger charge is 2.02. The number of hydrogen-bond acceptors (Lipinski definition) is 2. The molecule has 0 saturated carbocycles. The summed E-state index contributed by atoms with van der Waals surface area (Å²) in [6, 6.07) is 5.36. The molecular weight excluding hydrogens is 154 g/mol. The van der Waals surface area contributed by atoms with Gasteiger partial charge in [-0.15, -0.1) is 0 Å². The quantitative estimate of drug-likeness (QED) is 0.564. The Bertz CT molecular complexity index is 448. The third-order valence-electron chi connectivity index (χ3n) is 1.74. The molecule has 1 heterocycles. The van der Waals surface area contributed by atoms with E-state index in [1.165, 1.54) is 6.08 Å². The molecule has 3 heteroatoms. The molecule has 0 fully saturated rings. The van der Waals surface area contributed by atoms with Crippen LogP contribution in [0.1, 0.15) is 0 Å². The fourth-order valence-corrected chi connectivity index (χ4v) is 1.16. The van der Waals surface area contributed by atoms with Crippen LogP contribution in [0.4, 0.5) is 0 Å². The number of hydrogen-bond donors (Lipinski definition) is 0. The molecular formula is C9H7NO2. The summed E-state index contributed by atoms with van der Waals surface area (Å²) in [7, 11) is 1.59. The first kappa shape index (κ1) is 7.03. The Morgan fingerprint density at radius 2 is 2.25 bits per heavy atom. The van der Waals surface area contributed by atoms with Gasteiger partial charge < -0.3 is 4.74 Å². The number of amides is 1. The van der Waals surface area contributed by atoms with E-state index in [2.05, 4.69) is 4.99 Å². The summed E-state index contributed by atoms with van der Waals surface area (Å²) in [6.45, 7) is 0. The van der Waals surface area contributed by atoms with E-state index >= 15 is 0 Å². The lowest BCUT2D eigenvalue weighted by Crippen LogP contribution is -2.20. The minimum Gasteiger partial charge on any atom is -0.497 e. The number of carbonyl (C=O) groups excluding carboxylic acids is 1. The summed E-state index contributed by atoms with van der Waals surface area (Å²) in [5.41, 5.74) is 0. The van der Waals surface area contributed by atoms with E-state index in [0.717, 1.165) is 16.3 Å². The fourth-order valence-electron chi connectivity index (χ4n) is 1.16. The van der Waals surface area contributed by atoms with E-state index in [0.29, 0.717) is 0 Å². The molecule has 1 aliphatic heterocycles. The van der Waals surface area contributed by atoms with Crippen LogP contribution >= 0.6 is 0 Å². The largest absolute Gasteiger partial charge is 0.497 e. The van der Waals surface area contributed by atoms with Crippen molar-refractivity contribution < 1.29 is 9.53 Å². The lowest BCUT2D eigenvalue weighted by molar-refractivity contribution is -0.112. The number of methoxy groups -OCH3 is 1. The second kappa shape index (κ2) is 2.44. The Balaban J connectivity index is 2.72. The second-order valence-electron chi connectivity index (χ2n) is 2.52. The Morgan fingerprint density at radius 3 is 3.00 bits per heavy atom. The van der Waals surface area contributed by atoms with Gasteiger partial charge in [-0.05, 0) is 18.2 Å². The van der Waals surface area contributed by atoms with Gasteiger partial charge in [-0.3, -0.25) is 4.79 Å². The third-order valence-corrected chi connectivity index (χ3v) is 1.74. The summed E-state index contributed by atoms with van der Waals surface area (Å²) in [6.07, 6.45) is 1.50. The van der Waals surface area contributed by atoms with E-state index < -0.39 is 0 Å². The molecule has 0 unspecified atom stereocenters. The minimum atomic E-state index is -0.196. The molecule has 1 aromatic carbocycles. The van der Waals surface area contributed by atoms with Gasteiger partial charge in [-0.2, -0.15) is 0 Å². The molecule has 60 valence electrons. The molecule has 0 aromatic heterocycles. The second-order valence-corrected chi connectivity index (χ2v) is 2.52. The van der Waals surface area contributed by atoms with Gasteiger partial charge >= 0.3 is 0 Å². The zero-order valence-electron chi connectivity index (χ0n) is 6.57. The molecule has 0 saturated heterocycles. The number of fused-ring (bicyclic) bond motifs is 1. The van der Waals surface area contributed by atoms with Crippen molar-refractivity contribution >= 4 is 12.0 Å². The molecule has 1 aliphatic rings. The molecule has 2 rings (SSSR count). The van der Waals surface area contributed by atoms with Crippen molar-refractivity contribution in [1.29, 1.82) is 0 Å². The number of nitrogens with zero attached hydrogens (tertiary/aromatic N) is 1. The van der Waals surface area contributed by atoms with Crippen LogP contribution in [-0.4, -0.2) is 13.0 Å². The lowest BCUT2D eigenvalue weighted by Gasteiger charge is -1.95. The van der Waals surface area contributed by atoms with Gasteiger partial charge in [0.15, 0.2) is 0 Å². The molecule has 3 nitrogen and oxygen atoms in total. The van der Waals surface area contributed by atoms with E-state index in [1.54, 1.807) is 25.3 Å². The Morgan fingerprint density at radius 1 is 1.42 bits per heavy atom. The Kier molecular flexibility index (Phi) is 1.43. The fraction of sp³-hybridized carbons (Fsp3) is 0.111. The topological polar surface area (TPSA) is 38.7 Å². The summed E-state index contributed by atoms with van der Waals surface area (Å²) in [4.78, 5) is 14.6. The first-order valence-corrected chi connectivity index (χ1v) is 3.58. The van der Waals surface area contributed by atoms with Gasteiger partial charge in [0.25, 0.3) is 5.91 Å². The maximum Gasteiger partial charge on any atom is 0.270 e. The standard InChI is InChI=1S/C9H7NO2/c1-12-7-2-3-8-6(4-7)5-9(11)10-8/h2-5H,1H3. The van der Waals surface area contributed by atoms with Crippen molar-refractivity contribution in [3.05, 3.63) is 28.8 Å².